The van der Waals surface area contributed by atoms with Crippen LogP contribution in [0.25, 0.3) is 22.2 Å². The minimum atomic E-state index is -0.380. The summed E-state index contributed by atoms with van der Waals surface area (Å²) in [7, 11) is 3.37. The number of fused-ring (bicyclic) bond motifs is 2. The summed E-state index contributed by atoms with van der Waals surface area (Å²) < 4.78 is 31.5. The summed E-state index contributed by atoms with van der Waals surface area (Å²) in [6, 6.07) is 13.2. The van der Waals surface area contributed by atoms with Gasteiger partial charge < -0.3 is 24.4 Å². The topological polar surface area (TPSA) is 55.9 Å². The summed E-state index contributed by atoms with van der Waals surface area (Å²) in [5.41, 5.74) is 3.51. The Morgan fingerprint density at radius 2 is 1.86 bits per heavy atom. The molecule has 2 fully saturated rings. The molecule has 2 aliphatic rings. The van der Waals surface area contributed by atoms with E-state index in [4.69, 9.17) is 19.2 Å². The van der Waals surface area contributed by atoms with Crippen molar-refractivity contribution in [2.75, 3.05) is 51.9 Å². The lowest BCUT2D eigenvalue weighted by Crippen LogP contribution is -2.23. The second-order valence-corrected chi connectivity index (χ2v) is 8.37. The highest BCUT2D eigenvalue weighted by molar-refractivity contribution is 5.95. The number of rotatable bonds is 7. The summed E-state index contributed by atoms with van der Waals surface area (Å²) in [6.45, 7) is 12.0. The average Bonchev–Trinajstić information content (AvgIpc) is 3.53. The molecule has 0 saturated carbocycles. The first-order chi connectivity index (χ1) is 17.7. The van der Waals surface area contributed by atoms with Crippen LogP contribution >= 0.6 is 0 Å². The molecule has 2 unspecified atom stereocenters. The summed E-state index contributed by atoms with van der Waals surface area (Å²) in [5.74, 6) is 1.16. The molecule has 1 aromatic heterocycles. The van der Waals surface area contributed by atoms with Crippen LogP contribution in [0.5, 0.6) is 11.5 Å². The van der Waals surface area contributed by atoms with Crippen LogP contribution < -0.4 is 19.7 Å². The third kappa shape index (κ3) is 6.08. The molecule has 2 atom stereocenters. The minimum absolute atomic E-state index is 0. The van der Waals surface area contributed by atoms with Gasteiger partial charge in [0.25, 0.3) is 0 Å². The fraction of sp³-hybridized carbons (Fsp3) is 0.483. The van der Waals surface area contributed by atoms with E-state index in [0.29, 0.717) is 18.0 Å². The third-order valence-electron chi connectivity index (χ3n) is 6.37. The minimum Gasteiger partial charge on any atom is -0.494 e. The molecule has 6 nitrogen and oxygen atoms in total. The van der Waals surface area contributed by atoms with E-state index < -0.39 is 0 Å². The Hall–Kier alpha value is -2.90. The summed E-state index contributed by atoms with van der Waals surface area (Å²) >= 11 is 0. The Morgan fingerprint density at radius 3 is 2.53 bits per heavy atom. The molecule has 36 heavy (non-hydrogen) atoms. The van der Waals surface area contributed by atoms with Crippen LogP contribution in [0.3, 0.4) is 0 Å². The Labute approximate surface area is 216 Å². The van der Waals surface area contributed by atoms with Crippen molar-refractivity contribution in [2.24, 2.45) is 5.92 Å². The van der Waals surface area contributed by atoms with E-state index in [-0.39, 0.29) is 19.1 Å². The number of anilines is 1. The molecule has 5 rings (SSSR count). The van der Waals surface area contributed by atoms with Gasteiger partial charge in [0.1, 0.15) is 12.4 Å². The van der Waals surface area contributed by atoms with Crippen molar-refractivity contribution in [3.63, 3.8) is 0 Å². The van der Waals surface area contributed by atoms with Crippen molar-refractivity contribution < 1.29 is 20.0 Å². The van der Waals surface area contributed by atoms with Crippen molar-refractivity contribution >= 4 is 16.6 Å². The van der Waals surface area contributed by atoms with Gasteiger partial charge in [0.05, 0.1) is 24.4 Å². The number of halogens is 1. The molecule has 2 saturated heterocycles. The Bertz CT molecular complexity index is 1100. The molecule has 7 heteroatoms. The molecular weight excluding hydrogens is 457 g/mol. The number of pyridine rings is 1. The van der Waals surface area contributed by atoms with Crippen LogP contribution in [-0.2, 0) is 4.74 Å². The third-order valence-corrected chi connectivity index (χ3v) is 6.37. The summed E-state index contributed by atoms with van der Waals surface area (Å²) in [5, 5.41) is 3.86. The molecule has 3 aromatic rings. The highest BCUT2D eigenvalue weighted by Gasteiger charge is 2.38. The second-order valence-electron chi connectivity index (χ2n) is 8.37. The number of nitrogens with one attached hydrogen (secondary N) is 1. The van der Waals surface area contributed by atoms with Gasteiger partial charge in [-0.3, -0.25) is 0 Å². The van der Waals surface area contributed by atoms with Crippen LogP contribution in [0.15, 0.2) is 42.5 Å². The molecule has 198 valence electrons. The van der Waals surface area contributed by atoms with Gasteiger partial charge in [0.15, 0.2) is 11.6 Å². The maximum atomic E-state index is 14.6. The number of ether oxygens (including phenoxy) is 3. The molecule has 0 amide bonds. The first-order valence-corrected chi connectivity index (χ1v) is 13.1. The zero-order chi connectivity index (χ0) is 26.1. The van der Waals surface area contributed by atoms with Gasteiger partial charge in [-0.2, -0.15) is 0 Å². The Balaban J connectivity index is 0.000000919. The van der Waals surface area contributed by atoms with Crippen LogP contribution in [0, 0.1) is 11.7 Å². The van der Waals surface area contributed by atoms with Crippen molar-refractivity contribution in [1.82, 2.24) is 10.3 Å². The average molecular weight is 500 g/mol. The number of hydrogen-bond acceptors (Lipinski definition) is 6. The van der Waals surface area contributed by atoms with Crippen molar-refractivity contribution in [3.05, 3.63) is 48.3 Å². The quantitative estimate of drug-likeness (QED) is 0.392. The molecule has 0 bridgehead atoms. The molecule has 1 N–H and O–H groups in total. The van der Waals surface area contributed by atoms with Crippen LogP contribution in [0.2, 0.25) is 0 Å². The highest BCUT2D eigenvalue weighted by Crippen LogP contribution is 2.39. The predicted molar refractivity (Wildman–Crippen MR) is 148 cm³/mol. The lowest BCUT2D eigenvalue weighted by atomic mass is 10.1. The number of nitrogens with zero attached hydrogens (tertiary/aromatic N) is 2. The van der Waals surface area contributed by atoms with E-state index in [2.05, 4.69) is 16.3 Å². The van der Waals surface area contributed by atoms with Crippen LogP contribution in [-0.4, -0.2) is 58.1 Å². The standard InChI is InChI=1S/C25H28FN3O3.2C2H6.H2/c1-27-8-10-31-18-5-3-16(4-6-18)21-12-23(29-14-17-7-9-32-25(17)15-29)19-11-20(26)24(30-2)13-22(19)28-21;2*1-2;/h3-6,11-13,17,25,27H,7-10,14-15H2,1-2H3;2*1-2H3;1H. The van der Waals surface area contributed by atoms with Crippen molar-refractivity contribution in [1.29, 1.82) is 0 Å². The number of methoxy groups -OCH3 is 1. The molecule has 0 aliphatic carbocycles. The summed E-state index contributed by atoms with van der Waals surface area (Å²) in [4.78, 5) is 7.16. The van der Waals surface area contributed by atoms with Gasteiger partial charge in [0, 0.05) is 56.3 Å². The molecule has 2 aromatic carbocycles. The molecule has 3 heterocycles. The first kappa shape index (κ1) is 27.7. The number of benzene rings is 2. The van der Waals surface area contributed by atoms with E-state index in [1.807, 2.05) is 59.0 Å². The number of aromatic nitrogens is 1. The lowest BCUT2D eigenvalue weighted by Gasteiger charge is -2.22. The maximum absolute atomic E-state index is 14.6. The number of likely N-dealkylation sites (N-methyl/N-ethyl adjacent to an activating group) is 1. The Kier molecular flexibility index (Phi) is 10.3. The largest absolute Gasteiger partial charge is 0.494 e. The van der Waals surface area contributed by atoms with E-state index in [1.54, 1.807) is 6.07 Å². The van der Waals surface area contributed by atoms with Crippen molar-refractivity contribution in [3.8, 4) is 22.8 Å². The fourth-order valence-corrected chi connectivity index (χ4v) is 4.64. The fourth-order valence-electron chi connectivity index (χ4n) is 4.64. The van der Waals surface area contributed by atoms with Gasteiger partial charge in [-0.15, -0.1) is 0 Å². The zero-order valence-corrected chi connectivity index (χ0v) is 22.4. The second kappa shape index (κ2) is 13.4. The normalized spacial score (nSPS) is 18.1. The SMILES string of the molecule is CC.CC.CNCCOc1ccc(-c2cc(N3CC4CCOC4C3)c3cc(F)c(OC)cc3n2)cc1.[HH]. The van der Waals surface area contributed by atoms with Gasteiger partial charge in [-0.05, 0) is 49.9 Å². The van der Waals surface area contributed by atoms with Crippen LogP contribution in [0.1, 0.15) is 35.5 Å². The van der Waals surface area contributed by atoms with Gasteiger partial charge in [-0.25, -0.2) is 9.37 Å². The lowest BCUT2D eigenvalue weighted by molar-refractivity contribution is 0.114. The predicted octanol–water partition coefficient (Wildman–Crippen LogP) is 6.17. The molecule has 2 aliphatic heterocycles. The molecule has 0 radical (unpaired) electrons. The van der Waals surface area contributed by atoms with E-state index in [0.717, 1.165) is 60.7 Å². The van der Waals surface area contributed by atoms with Crippen molar-refractivity contribution in [2.45, 2.75) is 40.2 Å². The van der Waals surface area contributed by atoms with Crippen LogP contribution in [0.4, 0.5) is 10.1 Å². The van der Waals surface area contributed by atoms with Gasteiger partial charge in [0.2, 0.25) is 0 Å². The van der Waals surface area contributed by atoms with Gasteiger partial charge >= 0.3 is 0 Å². The Morgan fingerprint density at radius 1 is 1.11 bits per heavy atom. The van der Waals surface area contributed by atoms with Gasteiger partial charge in [-0.1, -0.05) is 27.7 Å². The van der Waals surface area contributed by atoms with E-state index in [9.17, 15) is 4.39 Å². The van der Waals surface area contributed by atoms with E-state index >= 15 is 0 Å². The zero-order valence-electron chi connectivity index (χ0n) is 22.4. The molecular formula is C29H42FN3O3. The smallest absolute Gasteiger partial charge is 0.165 e. The highest BCUT2D eigenvalue weighted by atomic mass is 19.1. The van der Waals surface area contributed by atoms with E-state index in [1.165, 1.54) is 13.2 Å². The monoisotopic (exact) mass is 499 g/mol. The number of hydrogen-bond donors (Lipinski definition) is 1. The summed E-state index contributed by atoms with van der Waals surface area (Å²) in [6.07, 6.45) is 1.33. The first-order valence-electron chi connectivity index (χ1n) is 13.1. The maximum Gasteiger partial charge on any atom is 0.165 e. The molecule has 0 spiro atoms.